The first kappa shape index (κ1) is 19.0. The highest BCUT2D eigenvalue weighted by Gasteiger charge is 2.28. The van der Waals surface area contributed by atoms with E-state index < -0.39 is 19.9 Å². The maximum absolute atomic E-state index is 12.4. The molecule has 0 spiro atoms. The Morgan fingerprint density at radius 3 is 2.48 bits per heavy atom. The Hall–Kier alpha value is -0.740. The van der Waals surface area contributed by atoms with Gasteiger partial charge in [0.15, 0.2) is 9.84 Å². The lowest BCUT2D eigenvalue weighted by Crippen LogP contribution is -2.34. The summed E-state index contributed by atoms with van der Waals surface area (Å²) in [5, 5.41) is 0. The molecule has 0 radical (unpaired) electrons. The van der Waals surface area contributed by atoms with Gasteiger partial charge in [0.05, 0.1) is 14.4 Å². The first-order valence-electron chi connectivity index (χ1n) is 7.83. The van der Waals surface area contributed by atoms with Crippen LogP contribution in [0.5, 0.6) is 0 Å². The van der Waals surface area contributed by atoms with Crippen LogP contribution in [0, 0.1) is 0 Å². The number of sulfonamides is 1. The van der Waals surface area contributed by atoms with Crippen molar-refractivity contribution in [2.45, 2.75) is 41.3 Å². The molecule has 3 rings (SSSR count). The lowest BCUT2D eigenvalue weighted by molar-refractivity contribution is 0.557. The van der Waals surface area contributed by atoms with E-state index in [2.05, 4.69) is 20.7 Å². The summed E-state index contributed by atoms with van der Waals surface area (Å²) in [5.74, 6) is 0.120. The van der Waals surface area contributed by atoms with Gasteiger partial charge < -0.3 is 0 Å². The van der Waals surface area contributed by atoms with Crippen molar-refractivity contribution in [3.05, 3.63) is 45.2 Å². The predicted molar refractivity (Wildman–Crippen MR) is 102 cm³/mol. The fourth-order valence-electron chi connectivity index (χ4n) is 2.98. The molecule has 25 heavy (non-hydrogen) atoms. The number of hydrogen-bond donors (Lipinski definition) is 1. The summed E-state index contributed by atoms with van der Waals surface area (Å²) in [6.45, 7) is 1.83. The van der Waals surface area contributed by atoms with Crippen LogP contribution in [-0.4, -0.2) is 28.6 Å². The molecule has 5 nitrogen and oxygen atoms in total. The Labute approximate surface area is 160 Å². The van der Waals surface area contributed by atoms with Crippen molar-refractivity contribution in [3.8, 4) is 0 Å². The molecule has 136 valence electrons. The fourth-order valence-corrected chi connectivity index (χ4v) is 7.61. The van der Waals surface area contributed by atoms with Crippen LogP contribution in [0.25, 0.3) is 0 Å². The van der Waals surface area contributed by atoms with Crippen molar-refractivity contribution >= 4 is 47.1 Å². The van der Waals surface area contributed by atoms with Gasteiger partial charge >= 0.3 is 0 Å². The molecule has 0 fully saturated rings. The van der Waals surface area contributed by atoms with Crippen molar-refractivity contribution in [3.63, 3.8) is 0 Å². The summed E-state index contributed by atoms with van der Waals surface area (Å²) in [4.78, 5) is 0.318. The number of benzene rings is 1. The van der Waals surface area contributed by atoms with E-state index in [0.717, 1.165) is 26.3 Å². The molecule has 9 heteroatoms. The van der Waals surface area contributed by atoms with Gasteiger partial charge in [-0.05, 0) is 70.6 Å². The second-order valence-electron chi connectivity index (χ2n) is 6.03. The van der Waals surface area contributed by atoms with Gasteiger partial charge in [-0.3, -0.25) is 0 Å². The topological polar surface area (TPSA) is 80.3 Å². The van der Waals surface area contributed by atoms with Gasteiger partial charge in [-0.1, -0.05) is 13.0 Å². The van der Waals surface area contributed by atoms with E-state index in [1.165, 1.54) is 0 Å². The molecule has 0 saturated carbocycles. The first-order chi connectivity index (χ1) is 11.7. The normalized spacial score (nSPS) is 17.6. The fraction of sp³-hybridized carbons (Fsp3) is 0.375. The molecular weight excluding hydrogens is 446 g/mol. The average Bonchev–Trinajstić information content (AvgIpc) is 3.11. The minimum atomic E-state index is -3.57. The monoisotopic (exact) mass is 463 g/mol. The maximum atomic E-state index is 12.4. The van der Waals surface area contributed by atoms with Crippen LogP contribution in [0.4, 0.5) is 0 Å². The molecule has 1 heterocycles. The zero-order valence-corrected chi connectivity index (χ0v) is 17.6. The third-order valence-corrected chi connectivity index (χ3v) is 9.63. The van der Waals surface area contributed by atoms with Crippen LogP contribution in [0.2, 0.25) is 0 Å². The van der Waals surface area contributed by atoms with Gasteiger partial charge in [-0.2, -0.15) is 0 Å². The van der Waals surface area contributed by atoms with Crippen LogP contribution in [0.3, 0.4) is 0 Å². The largest absolute Gasteiger partial charge is 0.250 e. The third kappa shape index (κ3) is 4.16. The van der Waals surface area contributed by atoms with Gasteiger partial charge in [-0.15, -0.1) is 11.3 Å². The number of hydrogen-bond acceptors (Lipinski definition) is 5. The summed E-state index contributed by atoms with van der Waals surface area (Å²) in [6.07, 6.45) is 1.63. The lowest BCUT2D eigenvalue weighted by atomic mass is 10.1. The van der Waals surface area contributed by atoms with E-state index in [1.54, 1.807) is 30.3 Å². The Morgan fingerprint density at radius 1 is 1.12 bits per heavy atom. The van der Waals surface area contributed by atoms with E-state index >= 15 is 0 Å². The standard InChI is InChI=1S/C16H18BrNO4S3/c1-2-7-24(19,20)14-4-3-11-8-13(9-12(11)10-14)18-25(21,22)16-6-5-15(17)23-16/h3-6,10,13,18H,2,7-9H2,1H3. The van der Waals surface area contributed by atoms with Gasteiger partial charge in [0.2, 0.25) is 10.0 Å². The average molecular weight is 464 g/mol. The Morgan fingerprint density at radius 2 is 1.84 bits per heavy atom. The molecule has 1 N–H and O–H groups in total. The highest BCUT2D eigenvalue weighted by Crippen LogP contribution is 2.29. The zero-order valence-electron chi connectivity index (χ0n) is 13.5. The predicted octanol–water partition coefficient (Wildman–Crippen LogP) is 3.14. The molecule has 1 atom stereocenters. The summed E-state index contributed by atoms with van der Waals surface area (Å²) >= 11 is 4.43. The molecule has 0 bridgehead atoms. The summed E-state index contributed by atoms with van der Waals surface area (Å²) in [6, 6.07) is 8.12. The van der Waals surface area contributed by atoms with E-state index in [1.807, 2.05) is 6.92 Å². The lowest BCUT2D eigenvalue weighted by Gasteiger charge is -2.11. The minimum Gasteiger partial charge on any atom is -0.224 e. The summed E-state index contributed by atoms with van der Waals surface area (Å²) < 4.78 is 53.1. The van der Waals surface area contributed by atoms with Gasteiger partial charge in [0, 0.05) is 6.04 Å². The van der Waals surface area contributed by atoms with Crippen molar-refractivity contribution in [1.82, 2.24) is 4.72 Å². The number of halogens is 1. The van der Waals surface area contributed by atoms with Crippen LogP contribution >= 0.6 is 27.3 Å². The molecule has 1 aliphatic carbocycles. The van der Waals surface area contributed by atoms with Gasteiger partial charge in [0.1, 0.15) is 4.21 Å². The maximum Gasteiger partial charge on any atom is 0.250 e. The minimum absolute atomic E-state index is 0.120. The van der Waals surface area contributed by atoms with Crippen LogP contribution in [0.15, 0.2) is 43.2 Å². The highest BCUT2D eigenvalue weighted by molar-refractivity contribution is 9.11. The number of fused-ring (bicyclic) bond motifs is 1. The molecule has 1 aliphatic rings. The number of thiophene rings is 1. The highest BCUT2D eigenvalue weighted by atomic mass is 79.9. The van der Waals surface area contributed by atoms with E-state index in [0.29, 0.717) is 24.2 Å². The van der Waals surface area contributed by atoms with Gasteiger partial charge in [-0.25, -0.2) is 21.6 Å². The number of sulfone groups is 1. The van der Waals surface area contributed by atoms with Crippen molar-refractivity contribution in [2.75, 3.05) is 5.75 Å². The zero-order chi connectivity index (χ0) is 18.2. The summed E-state index contributed by atoms with van der Waals surface area (Å²) in [7, 11) is -6.83. The molecule has 0 amide bonds. The van der Waals surface area contributed by atoms with E-state index in [9.17, 15) is 16.8 Å². The number of rotatable bonds is 6. The van der Waals surface area contributed by atoms with Crippen LogP contribution in [-0.2, 0) is 32.7 Å². The first-order valence-corrected chi connectivity index (χ1v) is 12.6. The van der Waals surface area contributed by atoms with Crippen LogP contribution < -0.4 is 4.72 Å². The van der Waals surface area contributed by atoms with E-state index in [-0.39, 0.29) is 16.0 Å². The van der Waals surface area contributed by atoms with Crippen LogP contribution in [0.1, 0.15) is 24.5 Å². The Kier molecular flexibility index (Phi) is 5.41. The van der Waals surface area contributed by atoms with Crippen molar-refractivity contribution < 1.29 is 16.8 Å². The summed E-state index contributed by atoms with van der Waals surface area (Å²) in [5.41, 5.74) is 1.90. The Bertz CT molecular complexity index is 996. The Balaban J connectivity index is 1.78. The van der Waals surface area contributed by atoms with E-state index in [4.69, 9.17) is 0 Å². The molecule has 1 aromatic carbocycles. The number of nitrogens with one attached hydrogen (secondary N) is 1. The quantitative estimate of drug-likeness (QED) is 0.713. The smallest absolute Gasteiger partial charge is 0.224 e. The third-order valence-electron chi connectivity index (χ3n) is 4.08. The molecule has 0 aliphatic heterocycles. The second-order valence-corrected chi connectivity index (χ2v) is 12.5. The molecular formula is C16H18BrNO4S3. The second kappa shape index (κ2) is 7.11. The van der Waals surface area contributed by atoms with Gasteiger partial charge in [0.25, 0.3) is 0 Å². The van der Waals surface area contributed by atoms with Crippen molar-refractivity contribution in [1.29, 1.82) is 0 Å². The molecule has 1 aromatic heterocycles. The SMILES string of the molecule is CCCS(=O)(=O)c1ccc2c(c1)CC(NS(=O)(=O)c1ccc(Br)s1)C2. The molecule has 1 unspecified atom stereocenters. The molecule has 0 saturated heterocycles. The van der Waals surface area contributed by atoms with Crippen molar-refractivity contribution in [2.24, 2.45) is 0 Å². The molecule has 2 aromatic rings.